The summed E-state index contributed by atoms with van der Waals surface area (Å²) in [6.45, 7) is 6.33. The van der Waals surface area contributed by atoms with Crippen molar-refractivity contribution in [3.05, 3.63) is 17.7 Å². The minimum Gasteiger partial charge on any atom is -0.496 e. The lowest BCUT2D eigenvalue weighted by Gasteiger charge is -2.22. The second-order valence-electron chi connectivity index (χ2n) is 6.92. The number of hydrogen-bond acceptors (Lipinski definition) is 4. The maximum Gasteiger partial charge on any atom is 0.321 e. The van der Waals surface area contributed by atoms with Crippen LogP contribution in [0.5, 0.6) is 11.5 Å². The van der Waals surface area contributed by atoms with Gasteiger partial charge in [0.2, 0.25) is 0 Å². The Bertz CT molecular complexity index is 648. The van der Waals surface area contributed by atoms with Crippen LogP contribution in [0.1, 0.15) is 38.7 Å². The summed E-state index contributed by atoms with van der Waals surface area (Å²) >= 11 is 0. The standard InChI is InChI=1S/C18H26N2O5/c1-11(2)15-13(24-4)8-12(9-14(15)25-5)19-17(23)20-7-6-18(3,10-20)16(21)22/h8-9,11H,6-7,10H2,1-5H3,(H,19,23)(H,21,22). The Hall–Kier alpha value is -2.44. The number of rotatable bonds is 5. The number of nitrogens with zero attached hydrogens (tertiary/aromatic N) is 1. The Morgan fingerprint density at radius 1 is 1.24 bits per heavy atom. The van der Waals surface area contributed by atoms with Gasteiger partial charge in [0, 0.05) is 36.5 Å². The summed E-state index contributed by atoms with van der Waals surface area (Å²) < 4.78 is 10.9. The lowest BCUT2D eigenvalue weighted by molar-refractivity contribution is -0.146. The predicted octanol–water partition coefficient (Wildman–Crippen LogP) is 3.16. The van der Waals surface area contributed by atoms with Crippen LogP contribution in [0, 0.1) is 5.41 Å². The van der Waals surface area contributed by atoms with Gasteiger partial charge in [-0.15, -0.1) is 0 Å². The molecule has 2 amide bonds. The molecule has 138 valence electrons. The average molecular weight is 350 g/mol. The number of ether oxygens (including phenoxy) is 2. The third-order valence-electron chi connectivity index (χ3n) is 4.65. The topological polar surface area (TPSA) is 88.1 Å². The van der Waals surface area contributed by atoms with Gasteiger partial charge in [-0.3, -0.25) is 4.79 Å². The summed E-state index contributed by atoms with van der Waals surface area (Å²) in [4.78, 5) is 25.3. The Morgan fingerprint density at radius 2 is 1.80 bits per heavy atom. The van der Waals surface area contributed by atoms with E-state index in [1.165, 1.54) is 4.90 Å². The van der Waals surface area contributed by atoms with Crippen LogP contribution in [-0.2, 0) is 4.79 Å². The molecule has 0 saturated carbocycles. The number of aliphatic carboxylic acids is 1. The number of amides is 2. The first kappa shape index (κ1) is 18.9. The molecule has 0 aliphatic carbocycles. The van der Waals surface area contributed by atoms with Crippen LogP contribution < -0.4 is 14.8 Å². The molecule has 1 fully saturated rings. The van der Waals surface area contributed by atoms with E-state index in [0.29, 0.717) is 30.2 Å². The summed E-state index contributed by atoms with van der Waals surface area (Å²) in [5.41, 5.74) is 0.587. The van der Waals surface area contributed by atoms with Gasteiger partial charge in [0.05, 0.1) is 19.6 Å². The first-order valence-electron chi connectivity index (χ1n) is 8.27. The van der Waals surface area contributed by atoms with Crippen LogP contribution in [-0.4, -0.2) is 49.3 Å². The van der Waals surface area contributed by atoms with E-state index in [1.807, 2.05) is 13.8 Å². The van der Waals surface area contributed by atoms with E-state index in [0.717, 1.165) is 5.56 Å². The molecule has 1 aliphatic heterocycles. The summed E-state index contributed by atoms with van der Waals surface area (Å²) in [6, 6.07) is 3.18. The fourth-order valence-corrected chi connectivity index (χ4v) is 3.09. The molecule has 0 aromatic heterocycles. The molecule has 0 spiro atoms. The van der Waals surface area contributed by atoms with Crippen molar-refractivity contribution in [1.82, 2.24) is 4.90 Å². The molecule has 2 rings (SSSR count). The number of methoxy groups -OCH3 is 2. The summed E-state index contributed by atoms with van der Waals surface area (Å²) in [6.07, 6.45) is 0.439. The lowest BCUT2D eigenvalue weighted by atomic mass is 9.90. The highest BCUT2D eigenvalue weighted by atomic mass is 16.5. The number of carboxylic acid groups (broad SMARTS) is 1. The molecule has 1 unspecified atom stereocenters. The fourth-order valence-electron chi connectivity index (χ4n) is 3.09. The third kappa shape index (κ3) is 3.81. The fraction of sp³-hybridized carbons (Fsp3) is 0.556. The second-order valence-corrected chi connectivity index (χ2v) is 6.92. The monoisotopic (exact) mass is 350 g/mol. The molecule has 1 aliphatic rings. The quantitative estimate of drug-likeness (QED) is 0.852. The van der Waals surface area contributed by atoms with E-state index in [9.17, 15) is 14.7 Å². The zero-order valence-corrected chi connectivity index (χ0v) is 15.4. The van der Waals surface area contributed by atoms with Crippen molar-refractivity contribution >= 4 is 17.7 Å². The van der Waals surface area contributed by atoms with E-state index in [2.05, 4.69) is 5.32 Å². The maximum absolute atomic E-state index is 12.5. The van der Waals surface area contributed by atoms with Gasteiger partial charge in [-0.25, -0.2) is 4.79 Å². The third-order valence-corrected chi connectivity index (χ3v) is 4.65. The Balaban J connectivity index is 2.20. The highest BCUT2D eigenvalue weighted by molar-refractivity contribution is 5.91. The number of nitrogens with one attached hydrogen (secondary N) is 1. The summed E-state index contributed by atoms with van der Waals surface area (Å²) in [5.74, 6) is 0.597. The summed E-state index contributed by atoms with van der Waals surface area (Å²) in [5, 5.41) is 12.1. The van der Waals surface area contributed by atoms with Crippen LogP contribution in [0.4, 0.5) is 10.5 Å². The van der Waals surface area contributed by atoms with E-state index in [1.54, 1.807) is 33.3 Å². The van der Waals surface area contributed by atoms with Crippen LogP contribution in [0.3, 0.4) is 0 Å². The predicted molar refractivity (Wildman–Crippen MR) is 94.6 cm³/mol. The number of benzene rings is 1. The number of urea groups is 1. The smallest absolute Gasteiger partial charge is 0.321 e. The van der Waals surface area contributed by atoms with Crippen molar-refractivity contribution in [2.24, 2.45) is 5.41 Å². The number of hydrogen-bond donors (Lipinski definition) is 2. The first-order valence-corrected chi connectivity index (χ1v) is 8.27. The van der Waals surface area contributed by atoms with Crippen molar-refractivity contribution in [3.63, 3.8) is 0 Å². The van der Waals surface area contributed by atoms with E-state index in [-0.39, 0.29) is 18.5 Å². The SMILES string of the molecule is COc1cc(NC(=O)N2CCC(C)(C(=O)O)C2)cc(OC)c1C(C)C. The normalized spacial score (nSPS) is 19.8. The van der Waals surface area contributed by atoms with Crippen molar-refractivity contribution in [2.75, 3.05) is 32.6 Å². The number of carbonyl (C=O) groups is 2. The van der Waals surface area contributed by atoms with E-state index >= 15 is 0 Å². The zero-order chi connectivity index (χ0) is 18.8. The molecule has 0 bridgehead atoms. The van der Waals surface area contributed by atoms with Crippen LogP contribution in [0.15, 0.2) is 12.1 Å². The molecule has 2 N–H and O–H groups in total. The van der Waals surface area contributed by atoms with Crippen LogP contribution >= 0.6 is 0 Å². The highest BCUT2D eigenvalue weighted by Gasteiger charge is 2.42. The zero-order valence-electron chi connectivity index (χ0n) is 15.4. The van der Waals surface area contributed by atoms with Gasteiger partial charge in [0.1, 0.15) is 11.5 Å². The van der Waals surface area contributed by atoms with Gasteiger partial charge in [0.25, 0.3) is 0 Å². The molecule has 1 aromatic carbocycles. The van der Waals surface area contributed by atoms with Gasteiger partial charge < -0.3 is 24.8 Å². The molecule has 0 radical (unpaired) electrons. The Labute approximate surface area is 147 Å². The van der Waals surface area contributed by atoms with Crippen molar-refractivity contribution in [3.8, 4) is 11.5 Å². The minimum absolute atomic E-state index is 0.187. The Kier molecular flexibility index (Phi) is 5.45. The Morgan fingerprint density at radius 3 is 2.20 bits per heavy atom. The lowest BCUT2D eigenvalue weighted by Crippen LogP contribution is -2.37. The molecule has 25 heavy (non-hydrogen) atoms. The van der Waals surface area contributed by atoms with Gasteiger partial charge in [-0.05, 0) is 19.3 Å². The van der Waals surface area contributed by atoms with Gasteiger partial charge in [0.15, 0.2) is 0 Å². The molecule has 1 heterocycles. The first-order chi connectivity index (χ1) is 11.7. The largest absolute Gasteiger partial charge is 0.496 e. The van der Waals surface area contributed by atoms with Crippen molar-refractivity contribution in [2.45, 2.75) is 33.1 Å². The second kappa shape index (κ2) is 7.21. The molecular weight excluding hydrogens is 324 g/mol. The minimum atomic E-state index is -0.895. The number of likely N-dealkylation sites (tertiary alicyclic amines) is 1. The van der Waals surface area contributed by atoms with Gasteiger partial charge in [-0.1, -0.05) is 13.8 Å². The molecule has 1 atom stereocenters. The van der Waals surface area contributed by atoms with Crippen molar-refractivity contribution in [1.29, 1.82) is 0 Å². The summed E-state index contributed by atoms with van der Waals surface area (Å²) in [7, 11) is 3.15. The van der Waals surface area contributed by atoms with Crippen LogP contribution in [0.25, 0.3) is 0 Å². The van der Waals surface area contributed by atoms with E-state index in [4.69, 9.17) is 9.47 Å². The molecule has 7 heteroatoms. The van der Waals surface area contributed by atoms with Gasteiger partial charge >= 0.3 is 12.0 Å². The highest BCUT2D eigenvalue weighted by Crippen LogP contribution is 2.38. The molecular formula is C18H26N2O5. The average Bonchev–Trinajstić information content (AvgIpc) is 2.97. The van der Waals surface area contributed by atoms with E-state index < -0.39 is 11.4 Å². The molecule has 1 saturated heterocycles. The maximum atomic E-state index is 12.5. The number of carboxylic acids is 1. The number of carbonyl (C=O) groups excluding carboxylic acids is 1. The molecule has 7 nitrogen and oxygen atoms in total. The molecule has 1 aromatic rings. The van der Waals surface area contributed by atoms with Gasteiger partial charge in [-0.2, -0.15) is 0 Å². The number of anilines is 1. The van der Waals surface area contributed by atoms with Crippen molar-refractivity contribution < 1.29 is 24.2 Å². The van der Waals surface area contributed by atoms with Crippen LogP contribution in [0.2, 0.25) is 0 Å².